The van der Waals surface area contributed by atoms with Crippen LogP contribution in [-0.4, -0.2) is 25.9 Å². The van der Waals surface area contributed by atoms with Crippen LogP contribution in [-0.2, 0) is 20.2 Å². The minimum atomic E-state index is -4.76. The van der Waals surface area contributed by atoms with Crippen LogP contribution >= 0.6 is 0 Å². The summed E-state index contributed by atoms with van der Waals surface area (Å²) in [7, 11) is -9.43. The summed E-state index contributed by atoms with van der Waals surface area (Å²) in [6.45, 7) is 0. The van der Waals surface area contributed by atoms with Gasteiger partial charge in [-0.1, -0.05) is 6.07 Å². The van der Waals surface area contributed by atoms with E-state index < -0.39 is 30.0 Å². The van der Waals surface area contributed by atoms with Crippen LogP contribution < -0.4 is 64.8 Å². The predicted octanol–water partition coefficient (Wildman–Crippen LogP) is -5.76. The fourth-order valence-electron chi connectivity index (χ4n) is 1.70. The van der Waals surface area contributed by atoms with Crippen molar-refractivity contribution >= 4 is 36.7 Å². The van der Waals surface area contributed by atoms with Gasteiger partial charge in [0.2, 0.25) is 0 Å². The van der Waals surface area contributed by atoms with E-state index >= 15 is 0 Å². The SMILES string of the molecule is Nc1cc(S(=O)(=O)[O-])c2ccc(S(=O)(=O)[O-])cc2c1.[Na+].[Na+]. The number of hydrogen-bond donors (Lipinski definition) is 1. The summed E-state index contributed by atoms with van der Waals surface area (Å²) in [5.41, 5.74) is 5.42. The summed E-state index contributed by atoms with van der Waals surface area (Å²) >= 11 is 0. The van der Waals surface area contributed by atoms with Gasteiger partial charge in [0.1, 0.15) is 20.2 Å². The fourth-order valence-corrected chi connectivity index (χ4v) is 2.94. The molecular formula is C10H7NNa2O6S2. The summed E-state index contributed by atoms with van der Waals surface area (Å²) in [6, 6.07) is 5.26. The topological polar surface area (TPSA) is 140 Å². The molecule has 0 fully saturated rings. The molecule has 0 aliphatic heterocycles. The molecule has 0 bridgehead atoms. The molecule has 7 nitrogen and oxygen atoms in total. The fraction of sp³-hybridized carbons (Fsp3) is 0. The van der Waals surface area contributed by atoms with Gasteiger partial charge >= 0.3 is 59.1 Å². The van der Waals surface area contributed by atoms with Crippen molar-refractivity contribution < 1.29 is 85.1 Å². The van der Waals surface area contributed by atoms with Crippen molar-refractivity contribution in [3.8, 4) is 0 Å². The molecule has 0 saturated heterocycles. The third-order valence-corrected chi connectivity index (χ3v) is 4.17. The first-order valence-electron chi connectivity index (χ1n) is 4.84. The number of hydrogen-bond acceptors (Lipinski definition) is 7. The number of nitrogens with two attached hydrogens (primary N) is 1. The van der Waals surface area contributed by atoms with E-state index in [-0.39, 0.29) is 75.6 Å². The molecule has 0 aliphatic rings. The zero-order valence-corrected chi connectivity index (χ0v) is 16.9. The first kappa shape index (κ1) is 21.3. The van der Waals surface area contributed by atoms with Gasteiger partial charge < -0.3 is 14.8 Å². The van der Waals surface area contributed by atoms with E-state index in [1.807, 2.05) is 0 Å². The maximum absolute atomic E-state index is 11.1. The Balaban J connectivity index is 0.00000200. The molecule has 2 aromatic carbocycles. The van der Waals surface area contributed by atoms with Crippen molar-refractivity contribution in [3.63, 3.8) is 0 Å². The quantitative estimate of drug-likeness (QED) is 0.324. The molecule has 21 heavy (non-hydrogen) atoms. The summed E-state index contributed by atoms with van der Waals surface area (Å²) in [5, 5.41) is 0.1000. The summed E-state index contributed by atoms with van der Waals surface area (Å²) in [4.78, 5) is -1.09. The molecule has 2 rings (SSSR count). The molecule has 0 atom stereocenters. The van der Waals surface area contributed by atoms with Crippen LogP contribution in [0.25, 0.3) is 10.8 Å². The van der Waals surface area contributed by atoms with Crippen LogP contribution in [0.5, 0.6) is 0 Å². The smallest absolute Gasteiger partial charge is 0.744 e. The Bertz CT molecular complexity index is 880. The summed E-state index contributed by atoms with van der Waals surface area (Å²) in [5.74, 6) is 0. The van der Waals surface area contributed by atoms with Gasteiger partial charge in [0.05, 0.1) is 9.79 Å². The molecule has 0 aliphatic carbocycles. The maximum Gasteiger partial charge on any atom is 1.00 e. The van der Waals surface area contributed by atoms with Gasteiger partial charge in [0, 0.05) is 5.69 Å². The molecule has 0 heterocycles. The third-order valence-electron chi connectivity index (χ3n) is 2.47. The van der Waals surface area contributed by atoms with Crippen LogP contribution in [0.15, 0.2) is 40.1 Å². The normalized spacial score (nSPS) is 11.5. The van der Waals surface area contributed by atoms with Crippen molar-refractivity contribution in [1.82, 2.24) is 0 Å². The molecule has 0 amide bonds. The van der Waals surface area contributed by atoms with Gasteiger partial charge in [-0.25, -0.2) is 16.8 Å². The number of fused-ring (bicyclic) bond motifs is 1. The van der Waals surface area contributed by atoms with E-state index in [0.29, 0.717) is 0 Å². The van der Waals surface area contributed by atoms with Gasteiger partial charge in [0.25, 0.3) is 0 Å². The molecule has 0 radical (unpaired) electrons. The minimum Gasteiger partial charge on any atom is -0.744 e. The predicted molar refractivity (Wildman–Crippen MR) is 64.3 cm³/mol. The maximum atomic E-state index is 11.1. The van der Waals surface area contributed by atoms with E-state index in [1.165, 1.54) is 6.07 Å². The van der Waals surface area contributed by atoms with E-state index in [4.69, 9.17) is 5.73 Å². The molecule has 0 aromatic heterocycles. The molecular weight excluding hydrogens is 340 g/mol. The Labute approximate surface area is 166 Å². The van der Waals surface area contributed by atoms with Gasteiger partial charge in [-0.2, -0.15) is 0 Å². The number of benzene rings is 2. The molecule has 0 saturated carbocycles. The zero-order valence-electron chi connectivity index (χ0n) is 11.2. The van der Waals surface area contributed by atoms with Crippen molar-refractivity contribution in [2.24, 2.45) is 0 Å². The Morgan fingerprint density at radius 2 is 1.43 bits per heavy atom. The minimum absolute atomic E-state index is 0. The van der Waals surface area contributed by atoms with E-state index in [0.717, 1.165) is 24.3 Å². The number of nitrogen functional groups attached to an aromatic ring is 1. The second kappa shape index (κ2) is 7.26. The van der Waals surface area contributed by atoms with E-state index in [1.54, 1.807) is 0 Å². The van der Waals surface area contributed by atoms with Gasteiger partial charge in [-0.3, -0.25) is 0 Å². The monoisotopic (exact) mass is 347 g/mol. The molecule has 2 N–H and O–H groups in total. The van der Waals surface area contributed by atoms with Gasteiger partial charge in [-0.05, 0) is 35.0 Å². The molecule has 102 valence electrons. The summed E-state index contributed by atoms with van der Waals surface area (Å²) in [6.07, 6.45) is 0. The van der Waals surface area contributed by atoms with E-state index in [9.17, 15) is 25.9 Å². The molecule has 0 spiro atoms. The zero-order chi connectivity index (χ0) is 14.4. The average Bonchev–Trinajstić information content (AvgIpc) is 2.24. The number of rotatable bonds is 2. The van der Waals surface area contributed by atoms with Crippen molar-refractivity contribution in [2.75, 3.05) is 5.73 Å². The second-order valence-corrected chi connectivity index (χ2v) is 6.54. The average molecular weight is 347 g/mol. The number of anilines is 1. The van der Waals surface area contributed by atoms with Crippen LogP contribution in [0, 0.1) is 0 Å². The molecule has 2 aromatic rings. The van der Waals surface area contributed by atoms with Crippen LogP contribution in [0.3, 0.4) is 0 Å². The van der Waals surface area contributed by atoms with Crippen molar-refractivity contribution in [2.45, 2.75) is 9.79 Å². The standard InChI is InChI=1S/C10H9NO6S2.2Na/c11-7-3-6-4-8(18(12,13)14)1-2-9(6)10(5-7)19(15,16)17;;/h1-5H,11H2,(H,12,13,14)(H,15,16,17);;/q;2*+1/p-2. The van der Waals surface area contributed by atoms with Crippen LogP contribution in [0.2, 0.25) is 0 Å². The van der Waals surface area contributed by atoms with Gasteiger partial charge in [0.15, 0.2) is 0 Å². The summed E-state index contributed by atoms with van der Waals surface area (Å²) < 4.78 is 65.9. The third kappa shape index (κ3) is 4.90. The van der Waals surface area contributed by atoms with Crippen LogP contribution in [0.1, 0.15) is 0 Å². The Morgan fingerprint density at radius 1 is 0.857 bits per heavy atom. The first-order chi connectivity index (χ1) is 8.59. The Kier molecular flexibility index (Phi) is 7.37. The Hall–Kier alpha value is 0.320. The largest absolute Gasteiger partial charge is 1.00 e. The van der Waals surface area contributed by atoms with Gasteiger partial charge in [-0.15, -0.1) is 0 Å². The van der Waals surface area contributed by atoms with Crippen LogP contribution in [0.4, 0.5) is 5.69 Å². The molecule has 0 unspecified atom stereocenters. The first-order valence-corrected chi connectivity index (χ1v) is 7.66. The Morgan fingerprint density at radius 3 is 1.90 bits per heavy atom. The second-order valence-electron chi connectivity index (χ2n) is 3.81. The van der Waals surface area contributed by atoms with Crippen molar-refractivity contribution in [3.05, 3.63) is 30.3 Å². The van der Waals surface area contributed by atoms with E-state index in [2.05, 4.69) is 0 Å². The van der Waals surface area contributed by atoms with Crippen molar-refractivity contribution in [1.29, 1.82) is 0 Å². The molecule has 11 heteroatoms.